The summed E-state index contributed by atoms with van der Waals surface area (Å²) in [5.74, 6) is -1.76. The molecule has 0 radical (unpaired) electrons. The van der Waals surface area contributed by atoms with Crippen molar-refractivity contribution in [3.63, 3.8) is 0 Å². The van der Waals surface area contributed by atoms with Crippen LogP contribution in [0.4, 0.5) is 23.2 Å². The molecule has 0 aliphatic carbocycles. The molecule has 0 spiro atoms. The van der Waals surface area contributed by atoms with E-state index in [4.69, 9.17) is 0 Å². The molecule has 0 bridgehead atoms. The largest absolute Gasteiger partial charge is 0.573 e. The van der Waals surface area contributed by atoms with Crippen molar-refractivity contribution in [1.82, 2.24) is 0 Å². The van der Waals surface area contributed by atoms with Gasteiger partial charge in [-0.1, -0.05) is 18.2 Å². The third-order valence-corrected chi connectivity index (χ3v) is 4.11. The van der Waals surface area contributed by atoms with Crippen LogP contribution in [0.15, 0.2) is 47.4 Å². The minimum atomic E-state index is -4.99. The molecule has 0 unspecified atom stereocenters. The molecule has 2 aromatic rings. The first-order chi connectivity index (χ1) is 10.6. The summed E-state index contributed by atoms with van der Waals surface area (Å²) >= 11 is 0. The van der Waals surface area contributed by atoms with Crippen LogP contribution in [0.1, 0.15) is 5.56 Å². The van der Waals surface area contributed by atoms with Crippen LogP contribution in [-0.2, 0) is 10.0 Å². The lowest BCUT2D eigenvalue weighted by molar-refractivity contribution is -0.274. The van der Waals surface area contributed by atoms with Gasteiger partial charge < -0.3 is 4.74 Å². The second-order valence-corrected chi connectivity index (χ2v) is 6.23. The van der Waals surface area contributed by atoms with E-state index in [0.29, 0.717) is 5.56 Å². The average molecular weight is 349 g/mol. The number of benzene rings is 2. The summed E-state index contributed by atoms with van der Waals surface area (Å²) in [5, 5.41) is 0. The van der Waals surface area contributed by atoms with Gasteiger partial charge in [0.25, 0.3) is 10.0 Å². The van der Waals surface area contributed by atoms with Gasteiger partial charge in [-0.3, -0.25) is 4.72 Å². The maximum atomic E-state index is 13.7. The smallest absolute Gasteiger partial charge is 0.404 e. The van der Waals surface area contributed by atoms with Gasteiger partial charge in [0, 0.05) is 0 Å². The number of rotatable bonds is 4. The highest BCUT2D eigenvalue weighted by molar-refractivity contribution is 7.92. The van der Waals surface area contributed by atoms with Crippen molar-refractivity contribution < 1.29 is 30.7 Å². The molecule has 0 aliphatic heterocycles. The topological polar surface area (TPSA) is 55.4 Å². The highest BCUT2D eigenvalue weighted by atomic mass is 32.2. The molecule has 0 aliphatic rings. The predicted octanol–water partition coefficient (Wildman–Crippen LogP) is 3.83. The molecule has 0 amide bonds. The molecule has 4 nitrogen and oxygen atoms in total. The van der Waals surface area contributed by atoms with E-state index in [-0.39, 0.29) is 0 Å². The fourth-order valence-electron chi connectivity index (χ4n) is 1.78. The first-order valence-corrected chi connectivity index (χ1v) is 7.70. The second-order valence-electron chi connectivity index (χ2n) is 4.58. The van der Waals surface area contributed by atoms with Gasteiger partial charge in [0.05, 0.1) is 5.69 Å². The lowest BCUT2D eigenvalue weighted by Crippen LogP contribution is -2.20. The van der Waals surface area contributed by atoms with Gasteiger partial charge in [-0.15, -0.1) is 13.2 Å². The Balaban J connectivity index is 2.40. The molecule has 0 fully saturated rings. The van der Waals surface area contributed by atoms with Crippen LogP contribution >= 0.6 is 0 Å². The summed E-state index contributed by atoms with van der Waals surface area (Å²) in [6.07, 6.45) is -4.99. The number of halogens is 4. The van der Waals surface area contributed by atoms with Crippen molar-refractivity contribution in [1.29, 1.82) is 0 Å². The maximum Gasteiger partial charge on any atom is 0.573 e. The highest BCUT2D eigenvalue weighted by Crippen LogP contribution is 2.31. The Morgan fingerprint density at radius 3 is 2.39 bits per heavy atom. The third-order valence-electron chi connectivity index (χ3n) is 2.73. The molecule has 23 heavy (non-hydrogen) atoms. The third kappa shape index (κ3) is 4.35. The van der Waals surface area contributed by atoms with Crippen LogP contribution in [-0.4, -0.2) is 14.8 Å². The number of anilines is 1. The molecule has 2 rings (SSSR count). The Labute approximate surface area is 129 Å². The van der Waals surface area contributed by atoms with Crippen molar-refractivity contribution >= 4 is 15.7 Å². The molecule has 0 saturated heterocycles. The summed E-state index contributed by atoms with van der Waals surface area (Å²) in [6, 6.07) is 7.98. The van der Waals surface area contributed by atoms with Gasteiger partial charge in [0.15, 0.2) is 5.75 Å². The second kappa shape index (κ2) is 6.07. The normalized spacial score (nSPS) is 12.0. The molecule has 124 valence electrons. The van der Waals surface area contributed by atoms with Gasteiger partial charge in [-0.25, -0.2) is 12.8 Å². The Bertz CT molecular complexity index is 819. The Morgan fingerprint density at radius 2 is 1.74 bits per heavy atom. The van der Waals surface area contributed by atoms with E-state index < -0.39 is 38.5 Å². The molecule has 2 aromatic carbocycles. The zero-order chi connectivity index (χ0) is 17.3. The minimum absolute atomic E-state index is 0.453. The van der Waals surface area contributed by atoms with Gasteiger partial charge in [-0.2, -0.15) is 0 Å². The number of sulfonamides is 1. The SMILES string of the molecule is Cc1ccc(F)c(S(=O)(=O)Nc2ccccc2OC(F)(F)F)c1. The van der Waals surface area contributed by atoms with E-state index in [1.54, 1.807) is 6.92 Å². The molecule has 0 atom stereocenters. The zero-order valence-electron chi connectivity index (χ0n) is 11.7. The number of alkyl halides is 3. The summed E-state index contributed by atoms with van der Waals surface area (Å²) < 4.78 is 80.8. The van der Waals surface area contributed by atoms with Gasteiger partial charge in [0.1, 0.15) is 10.7 Å². The molecule has 0 heterocycles. The first-order valence-electron chi connectivity index (χ1n) is 6.22. The molecule has 1 N–H and O–H groups in total. The number of nitrogens with one attached hydrogen (secondary N) is 1. The van der Waals surface area contributed by atoms with Crippen LogP contribution in [0.2, 0.25) is 0 Å². The van der Waals surface area contributed by atoms with Crippen molar-refractivity contribution in [2.75, 3.05) is 4.72 Å². The van der Waals surface area contributed by atoms with Crippen molar-refractivity contribution in [2.24, 2.45) is 0 Å². The monoisotopic (exact) mass is 349 g/mol. The quantitative estimate of drug-likeness (QED) is 0.854. The molecular formula is C14H11F4NO3S. The zero-order valence-corrected chi connectivity index (χ0v) is 12.5. The predicted molar refractivity (Wildman–Crippen MR) is 75.1 cm³/mol. The number of hydrogen-bond acceptors (Lipinski definition) is 3. The highest BCUT2D eigenvalue weighted by Gasteiger charge is 2.32. The summed E-state index contributed by atoms with van der Waals surface area (Å²) in [4.78, 5) is -0.667. The molecular weight excluding hydrogens is 338 g/mol. The Morgan fingerprint density at radius 1 is 1.09 bits per heavy atom. The van der Waals surface area contributed by atoms with E-state index in [0.717, 1.165) is 24.3 Å². The number of ether oxygens (including phenoxy) is 1. The number of para-hydroxylation sites is 2. The van der Waals surface area contributed by atoms with Crippen LogP contribution in [0, 0.1) is 12.7 Å². The van der Waals surface area contributed by atoms with E-state index >= 15 is 0 Å². The van der Waals surface area contributed by atoms with E-state index in [1.165, 1.54) is 18.2 Å². The van der Waals surface area contributed by atoms with Crippen molar-refractivity contribution in [3.05, 3.63) is 53.8 Å². The number of hydrogen-bond donors (Lipinski definition) is 1. The van der Waals surface area contributed by atoms with Gasteiger partial charge in [0.2, 0.25) is 0 Å². The summed E-state index contributed by atoms with van der Waals surface area (Å²) in [5.41, 5.74) is 0.0253. The Kier molecular flexibility index (Phi) is 4.51. The van der Waals surface area contributed by atoms with Gasteiger partial charge >= 0.3 is 6.36 Å². The van der Waals surface area contributed by atoms with E-state index in [1.807, 2.05) is 4.72 Å². The summed E-state index contributed by atoms with van der Waals surface area (Å²) in [7, 11) is -4.42. The maximum absolute atomic E-state index is 13.7. The lowest BCUT2D eigenvalue weighted by Gasteiger charge is -2.15. The fourth-order valence-corrected chi connectivity index (χ4v) is 3.01. The van der Waals surface area contributed by atoms with E-state index in [2.05, 4.69) is 4.74 Å². The van der Waals surface area contributed by atoms with Crippen molar-refractivity contribution in [3.8, 4) is 5.75 Å². The standard InChI is InChI=1S/C14H11F4NO3S/c1-9-6-7-10(15)13(8-9)23(20,21)19-11-4-2-3-5-12(11)22-14(16,17)18/h2-8,19H,1H3. The van der Waals surface area contributed by atoms with Gasteiger partial charge in [-0.05, 0) is 36.8 Å². The minimum Gasteiger partial charge on any atom is -0.404 e. The number of aryl methyl sites for hydroxylation is 1. The van der Waals surface area contributed by atoms with Crippen LogP contribution in [0.5, 0.6) is 5.75 Å². The van der Waals surface area contributed by atoms with E-state index in [9.17, 15) is 26.0 Å². The first kappa shape index (κ1) is 17.1. The molecule has 0 aromatic heterocycles. The average Bonchev–Trinajstić information content (AvgIpc) is 2.42. The van der Waals surface area contributed by atoms with Crippen LogP contribution in [0.3, 0.4) is 0 Å². The van der Waals surface area contributed by atoms with Crippen molar-refractivity contribution in [2.45, 2.75) is 18.2 Å². The molecule has 0 saturated carbocycles. The molecule has 9 heteroatoms. The van der Waals surface area contributed by atoms with Crippen LogP contribution in [0.25, 0.3) is 0 Å². The van der Waals surface area contributed by atoms with Crippen LogP contribution < -0.4 is 9.46 Å². The summed E-state index contributed by atoms with van der Waals surface area (Å²) in [6.45, 7) is 1.55. The lowest BCUT2D eigenvalue weighted by atomic mass is 10.2. The fraction of sp³-hybridized carbons (Fsp3) is 0.143. The Hall–Kier alpha value is -2.29.